The average molecular weight is 224 g/mol. The van der Waals surface area contributed by atoms with Crippen LogP contribution in [0.2, 0.25) is 0 Å². The van der Waals surface area contributed by atoms with Gasteiger partial charge in [0.05, 0.1) is 0 Å². The molecule has 0 spiro atoms. The molecule has 1 N–H and O–H groups in total. The highest BCUT2D eigenvalue weighted by Gasteiger charge is 2.34. The molecule has 2 aliphatic rings. The van der Waals surface area contributed by atoms with Gasteiger partial charge in [0, 0.05) is 19.1 Å². The zero-order valence-electron chi connectivity index (χ0n) is 11.1. The summed E-state index contributed by atoms with van der Waals surface area (Å²) < 4.78 is 0. The van der Waals surface area contributed by atoms with E-state index in [1.165, 1.54) is 64.7 Å². The molecular weight excluding hydrogens is 196 g/mol. The maximum Gasteiger partial charge on any atom is 0.0166 e. The van der Waals surface area contributed by atoms with Crippen LogP contribution in [0.3, 0.4) is 0 Å². The third kappa shape index (κ3) is 2.98. The number of nitrogens with one attached hydrogen (secondary N) is 1. The molecule has 0 aromatic heterocycles. The first-order valence-electron chi connectivity index (χ1n) is 7.20. The molecular formula is C14H28N2. The molecule has 1 unspecified atom stereocenters. The summed E-state index contributed by atoms with van der Waals surface area (Å²) in [6, 6.07) is 0.679. The van der Waals surface area contributed by atoms with Gasteiger partial charge in [0.2, 0.25) is 0 Å². The summed E-state index contributed by atoms with van der Waals surface area (Å²) in [6.07, 6.45) is 8.59. The van der Waals surface area contributed by atoms with Crippen molar-refractivity contribution in [2.45, 2.75) is 58.4 Å². The summed E-state index contributed by atoms with van der Waals surface area (Å²) >= 11 is 0. The van der Waals surface area contributed by atoms with Gasteiger partial charge in [-0.3, -0.25) is 0 Å². The first kappa shape index (κ1) is 12.4. The van der Waals surface area contributed by atoms with E-state index in [0.717, 1.165) is 0 Å². The minimum absolute atomic E-state index is 0.671. The molecule has 1 heterocycles. The molecule has 1 aliphatic heterocycles. The Balaban J connectivity index is 1.91. The quantitative estimate of drug-likeness (QED) is 0.793. The van der Waals surface area contributed by atoms with Crippen LogP contribution >= 0.6 is 0 Å². The predicted molar refractivity (Wildman–Crippen MR) is 69.7 cm³/mol. The highest BCUT2D eigenvalue weighted by Crippen LogP contribution is 2.41. The first-order valence-corrected chi connectivity index (χ1v) is 7.20. The Morgan fingerprint density at radius 2 is 2.00 bits per heavy atom. The fraction of sp³-hybridized carbons (Fsp3) is 1.00. The maximum atomic E-state index is 3.59. The molecule has 2 nitrogen and oxygen atoms in total. The lowest BCUT2D eigenvalue weighted by atomic mass is 9.83. The molecule has 0 aromatic carbocycles. The molecule has 1 saturated heterocycles. The number of rotatable bonds is 3. The van der Waals surface area contributed by atoms with Gasteiger partial charge in [-0.25, -0.2) is 0 Å². The van der Waals surface area contributed by atoms with Gasteiger partial charge in [-0.1, -0.05) is 19.8 Å². The van der Waals surface area contributed by atoms with Crippen molar-refractivity contribution in [3.8, 4) is 0 Å². The molecule has 1 atom stereocenters. The van der Waals surface area contributed by atoms with Gasteiger partial charge >= 0.3 is 0 Å². The Labute approximate surface area is 101 Å². The van der Waals surface area contributed by atoms with E-state index < -0.39 is 0 Å². The maximum absolute atomic E-state index is 3.59. The van der Waals surface area contributed by atoms with Gasteiger partial charge in [-0.15, -0.1) is 0 Å². The normalized spacial score (nSPS) is 31.5. The van der Waals surface area contributed by atoms with Crippen LogP contribution in [0.25, 0.3) is 0 Å². The van der Waals surface area contributed by atoms with E-state index >= 15 is 0 Å². The van der Waals surface area contributed by atoms with Gasteiger partial charge in [0.15, 0.2) is 0 Å². The number of hydrogen-bond acceptors (Lipinski definition) is 2. The van der Waals surface area contributed by atoms with Crippen LogP contribution in [0.4, 0.5) is 0 Å². The second kappa shape index (κ2) is 5.50. The fourth-order valence-electron chi connectivity index (χ4n) is 3.56. The molecule has 2 heteroatoms. The Morgan fingerprint density at radius 1 is 1.25 bits per heavy atom. The number of hydrogen-bond donors (Lipinski definition) is 1. The molecule has 0 radical (unpaired) electrons. The van der Waals surface area contributed by atoms with Crippen LogP contribution in [-0.4, -0.2) is 37.1 Å². The highest BCUT2D eigenvalue weighted by molar-refractivity contribution is 4.88. The van der Waals surface area contributed by atoms with Crippen LogP contribution < -0.4 is 5.32 Å². The lowest BCUT2D eigenvalue weighted by Gasteiger charge is -2.35. The Hall–Kier alpha value is -0.0800. The summed E-state index contributed by atoms with van der Waals surface area (Å²) in [7, 11) is 0. The highest BCUT2D eigenvalue weighted by atomic mass is 15.2. The summed E-state index contributed by atoms with van der Waals surface area (Å²) in [5.41, 5.74) is 0.671. The average Bonchev–Trinajstić information content (AvgIpc) is 2.64. The lowest BCUT2D eigenvalue weighted by Crippen LogP contribution is -2.41. The Morgan fingerprint density at radius 3 is 2.69 bits per heavy atom. The largest absolute Gasteiger partial charge is 0.313 e. The lowest BCUT2D eigenvalue weighted by molar-refractivity contribution is 0.146. The third-order valence-corrected chi connectivity index (χ3v) is 4.65. The van der Waals surface area contributed by atoms with Crippen molar-refractivity contribution >= 4 is 0 Å². The van der Waals surface area contributed by atoms with Crippen LogP contribution in [-0.2, 0) is 0 Å². The molecule has 2 rings (SSSR count). The van der Waals surface area contributed by atoms with Crippen molar-refractivity contribution in [3.05, 3.63) is 0 Å². The van der Waals surface area contributed by atoms with Crippen molar-refractivity contribution in [2.24, 2.45) is 5.41 Å². The minimum Gasteiger partial charge on any atom is -0.313 e. The van der Waals surface area contributed by atoms with E-state index in [-0.39, 0.29) is 0 Å². The van der Waals surface area contributed by atoms with Crippen molar-refractivity contribution in [2.75, 3.05) is 26.2 Å². The van der Waals surface area contributed by atoms with Gasteiger partial charge in [0.25, 0.3) is 0 Å². The molecule has 0 amide bonds. The topological polar surface area (TPSA) is 15.3 Å². The summed E-state index contributed by atoms with van der Waals surface area (Å²) in [6.45, 7) is 9.84. The summed E-state index contributed by atoms with van der Waals surface area (Å²) in [5.74, 6) is 0. The van der Waals surface area contributed by atoms with Gasteiger partial charge in [0.1, 0.15) is 0 Å². The van der Waals surface area contributed by atoms with E-state index in [0.29, 0.717) is 11.5 Å². The smallest absolute Gasteiger partial charge is 0.0166 e. The zero-order valence-corrected chi connectivity index (χ0v) is 11.1. The molecule has 1 saturated carbocycles. The van der Waals surface area contributed by atoms with Crippen LogP contribution in [0, 0.1) is 5.41 Å². The number of nitrogens with zero attached hydrogens (tertiary/aromatic N) is 1. The van der Waals surface area contributed by atoms with Crippen molar-refractivity contribution in [1.82, 2.24) is 10.2 Å². The van der Waals surface area contributed by atoms with E-state index in [4.69, 9.17) is 0 Å². The van der Waals surface area contributed by atoms with Crippen molar-refractivity contribution < 1.29 is 0 Å². The first-order chi connectivity index (χ1) is 7.74. The molecule has 16 heavy (non-hydrogen) atoms. The SMILES string of the molecule is CCC1(CN2CCCNC(C)C2)CCCC1. The predicted octanol–water partition coefficient (Wildman–Crippen LogP) is 2.64. The minimum atomic E-state index is 0.671. The Bertz CT molecular complexity index is 209. The Kier molecular flexibility index (Phi) is 4.26. The van der Waals surface area contributed by atoms with Gasteiger partial charge < -0.3 is 10.2 Å². The van der Waals surface area contributed by atoms with Crippen LogP contribution in [0.15, 0.2) is 0 Å². The van der Waals surface area contributed by atoms with Gasteiger partial charge in [-0.05, 0) is 51.1 Å². The van der Waals surface area contributed by atoms with E-state index in [9.17, 15) is 0 Å². The van der Waals surface area contributed by atoms with E-state index in [2.05, 4.69) is 24.1 Å². The van der Waals surface area contributed by atoms with Crippen LogP contribution in [0.1, 0.15) is 52.4 Å². The van der Waals surface area contributed by atoms with Gasteiger partial charge in [-0.2, -0.15) is 0 Å². The third-order valence-electron chi connectivity index (χ3n) is 4.65. The second-order valence-electron chi connectivity index (χ2n) is 6.00. The molecule has 0 aromatic rings. The standard InChI is InChI=1S/C14H28N2/c1-3-14(7-4-5-8-14)12-16-10-6-9-15-13(2)11-16/h13,15H,3-12H2,1-2H3. The second-order valence-corrected chi connectivity index (χ2v) is 6.00. The van der Waals surface area contributed by atoms with E-state index in [1.807, 2.05) is 0 Å². The van der Waals surface area contributed by atoms with Crippen molar-refractivity contribution in [1.29, 1.82) is 0 Å². The fourth-order valence-corrected chi connectivity index (χ4v) is 3.56. The zero-order chi connectivity index (χ0) is 11.4. The van der Waals surface area contributed by atoms with Crippen LogP contribution in [0.5, 0.6) is 0 Å². The monoisotopic (exact) mass is 224 g/mol. The molecule has 0 bridgehead atoms. The summed E-state index contributed by atoms with van der Waals surface area (Å²) in [4.78, 5) is 2.72. The molecule has 2 fully saturated rings. The summed E-state index contributed by atoms with van der Waals surface area (Å²) in [5, 5.41) is 3.59. The molecule has 94 valence electrons. The van der Waals surface area contributed by atoms with Crippen molar-refractivity contribution in [3.63, 3.8) is 0 Å². The van der Waals surface area contributed by atoms with E-state index in [1.54, 1.807) is 0 Å². The molecule has 1 aliphatic carbocycles.